The number of aromatic nitrogens is 1. The summed E-state index contributed by atoms with van der Waals surface area (Å²) in [4.78, 5) is 29.8. The maximum absolute atomic E-state index is 14.0. The van der Waals surface area contributed by atoms with Gasteiger partial charge in [0.05, 0.1) is 17.0 Å². The van der Waals surface area contributed by atoms with Gasteiger partial charge in [-0.1, -0.05) is 32.0 Å². The number of carbonyl (C=O) groups excluding carboxylic acids is 2. The third-order valence-corrected chi connectivity index (χ3v) is 6.67. The zero-order valence-electron chi connectivity index (χ0n) is 17.4. The van der Waals surface area contributed by atoms with Crippen LogP contribution in [0, 0.1) is 5.82 Å². The molecular weight excluding hydrogens is 433 g/mol. The van der Waals surface area contributed by atoms with Crippen LogP contribution < -0.4 is 4.72 Å². The fourth-order valence-corrected chi connectivity index (χ4v) is 4.78. The van der Waals surface area contributed by atoms with Crippen molar-refractivity contribution < 1.29 is 22.4 Å². The van der Waals surface area contributed by atoms with Crippen molar-refractivity contribution in [3.05, 3.63) is 89.0 Å². The number of carbonyl (C=O) groups is 2. The summed E-state index contributed by atoms with van der Waals surface area (Å²) in [5.74, 6) is -1.68. The SMILES string of the molecule is CC(C)c1ccc(NS(=O)(=O)c2cc(F)ccc2CN2C(=O)c3cccnc3C2=O)cc1. The molecule has 0 aliphatic carbocycles. The highest BCUT2D eigenvalue weighted by Gasteiger charge is 2.37. The van der Waals surface area contributed by atoms with Crippen LogP contribution in [0.1, 0.15) is 51.7 Å². The van der Waals surface area contributed by atoms with Gasteiger partial charge in [-0.05, 0) is 53.4 Å². The number of hydrogen-bond donors (Lipinski definition) is 1. The Labute approximate surface area is 185 Å². The minimum Gasteiger partial charge on any atom is -0.280 e. The van der Waals surface area contributed by atoms with E-state index < -0.39 is 27.7 Å². The molecule has 3 aromatic rings. The van der Waals surface area contributed by atoms with E-state index in [1.54, 1.807) is 24.3 Å². The van der Waals surface area contributed by atoms with E-state index in [0.29, 0.717) is 5.69 Å². The smallest absolute Gasteiger partial charge is 0.280 e. The Morgan fingerprint density at radius 1 is 1.03 bits per heavy atom. The Hall–Kier alpha value is -3.59. The van der Waals surface area contributed by atoms with Crippen molar-refractivity contribution in [3.8, 4) is 0 Å². The molecule has 0 bridgehead atoms. The number of amides is 2. The molecule has 2 aromatic carbocycles. The number of fused-ring (bicyclic) bond motifs is 1. The van der Waals surface area contributed by atoms with Crippen LogP contribution in [0.4, 0.5) is 10.1 Å². The molecule has 0 spiro atoms. The van der Waals surface area contributed by atoms with Crippen LogP contribution >= 0.6 is 0 Å². The molecule has 32 heavy (non-hydrogen) atoms. The number of halogens is 1. The standard InChI is InChI=1S/C23H20FN3O4S/c1-14(2)15-6-9-18(10-7-15)26-32(30,31)20-12-17(24)8-5-16(20)13-27-22(28)19-4-3-11-25-21(19)23(27)29/h3-12,14,26H,13H2,1-2H3. The highest BCUT2D eigenvalue weighted by molar-refractivity contribution is 7.92. The number of imide groups is 1. The first kappa shape index (κ1) is 21.6. The van der Waals surface area contributed by atoms with E-state index in [1.165, 1.54) is 24.4 Å². The lowest BCUT2D eigenvalue weighted by atomic mass is 10.0. The molecule has 0 saturated carbocycles. The zero-order valence-corrected chi connectivity index (χ0v) is 18.2. The Morgan fingerprint density at radius 3 is 2.41 bits per heavy atom. The van der Waals surface area contributed by atoms with Gasteiger partial charge in [0.1, 0.15) is 11.5 Å². The molecule has 1 N–H and O–H groups in total. The minimum atomic E-state index is -4.20. The number of rotatable bonds is 6. The number of nitrogens with zero attached hydrogens (tertiary/aromatic N) is 2. The summed E-state index contributed by atoms with van der Waals surface area (Å²) in [5.41, 5.74) is 1.61. The van der Waals surface area contributed by atoms with Gasteiger partial charge in [-0.25, -0.2) is 12.8 Å². The zero-order chi connectivity index (χ0) is 23.0. The first-order valence-corrected chi connectivity index (χ1v) is 11.4. The topological polar surface area (TPSA) is 96.4 Å². The lowest BCUT2D eigenvalue weighted by Crippen LogP contribution is -2.30. The number of nitrogens with one attached hydrogen (secondary N) is 1. The van der Waals surface area contributed by atoms with Crippen molar-refractivity contribution in [3.63, 3.8) is 0 Å². The fourth-order valence-electron chi connectivity index (χ4n) is 3.48. The van der Waals surface area contributed by atoms with Gasteiger partial charge in [-0.3, -0.25) is 24.2 Å². The Balaban J connectivity index is 1.65. The maximum Gasteiger partial charge on any atom is 0.280 e. The van der Waals surface area contributed by atoms with Gasteiger partial charge in [0.25, 0.3) is 21.8 Å². The summed E-state index contributed by atoms with van der Waals surface area (Å²) >= 11 is 0. The van der Waals surface area contributed by atoms with Crippen molar-refractivity contribution in [2.45, 2.75) is 31.2 Å². The maximum atomic E-state index is 14.0. The van der Waals surface area contributed by atoms with Gasteiger partial charge in [0.2, 0.25) is 0 Å². The molecule has 1 aliphatic rings. The van der Waals surface area contributed by atoms with Crippen LogP contribution in [-0.2, 0) is 16.6 Å². The third-order valence-electron chi connectivity index (χ3n) is 5.21. The van der Waals surface area contributed by atoms with Crippen LogP contribution in [0.15, 0.2) is 65.7 Å². The summed E-state index contributed by atoms with van der Waals surface area (Å²) in [6.07, 6.45) is 1.40. The lowest BCUT2D eigenvalue weighted by molar-refractivity contribution is 0.0639. The Morgan fingerprint density at radius 2 is 1.75 bits per heavy atom. The largest absolute Gasteiger partial charge is 0.280 e. The number of hydrogen-bond acceptors (Lipinski definition) is 5. The molecule has 2 amide bonds. The molecule has 1 aliphatic heterocycles. The molecule has 0 atom stereocenters. The Bertz CT molecular complexity index is 1290. The van der Waals surface area contributed by atoms with E-state index in [1.807, 2.05) is 13.8 Å². The average Bonchev–Trinajstić information content (AvgIpc) is 3.00. The molecule has 4 rings (SSSR count). The van der Waals surface area contributed by atoms with Gasteiger partial charge in [0.15, 0.2) is 0 Å². The highest BCUT2D eigenvalue weighted by Crippen LogP contribution is 2.27. The summed E-state index contributed by atoms with van der Waals surface area (Å²) in [6, 6.07) is 13.1. The van der Waals surface area contributed by atoms with E-state index in [4.69, 9.17) is 0 Å². The summed E-state index contributed by atoms with van der Waals surface area (Å²) in [6.45, 7) is 3.71. The van der Waals surface area contributed by atoms with E-state index >= 15 is 0 Å². The highest BCUT2D eigenvalue weighted by atomic mass is 32.2. The molecule has 7 nitrogen and oxygen atoms in total. The molecule has 9 heteroatoms. The second-order valence-corrected chi connectivity index (χ2v) is 9.38. The molecular formula is C23H20FN3O4S. The molecule has 164 valence electrons. The monoisotopic (exact) mass is 453 g/mol. The van der Waals surface area contributed by atoms with Crippen molar-refractivity contribution >= 4 is 27.5 Å². The summed E-state index contributed by atoms with van der Waals surface area (Å²) in [5, 5.41) is 0. The van der Waals surface area contributed by atoms with Crippen molar-refractivity contribution in [1.82, 2.24) is 9.88 Å². The average molecular weight is 453 g/mol. The van der Waals surface area contributed by atoms with Crippen molar-refractivity contribution in [2.75, 3.05) is 4.72 Å². The molecule has 0 radical (unpaired) electrons. The van der Waals surface area contributed by atoms with E-state index in [2.05, 4.69) is 9.71 Å². The minimum absolute atomic E-state index is 0.00684. The second kappa shape index (κ2) is 8.16. The van der Waals surface area contributed by atoms with E-state index in [9.17, 15) is 22.4 Å². The first-order valence-electron chi connectivity index (χ1n) is 9.90. The summed E-state index contributed by atoms with van der Waals surface area (Å²) in [7, 11) is -4.20. The number of sulfonamides is 1. The Kier molecular flexibility index (Phi) is 5.52. The number of anilines is 1. The first-order chi connectivity index (χ1) is 15.2. The van der Waals surface area contributed by atoms with Gasteiger partial charge in [-0.15, -0.1) is 0 Å². The van der Waals surface area contributed by atoms with Crippen LogP contribution in [0.3, 0.4) is 0 Å². The van der Waals surface area contributed by atoms with Crippen molar-refractivity contribution in [2.24, 2.45) is 0 Å². The molecule has 2 heterocycles. The summed E-state index contributed by atoms with van der Waals surface area (Å²) < 4.78 is 42.6. The van der Waals surface area contributed by atoms with Crippen LogP contribution in [0.2, 0.25) is 0 Å². The predicted octanol–water partition coefficient (Wildman–Crippen LogP) is 3.94. The van der Waals surface area contributed by atoms with Gasteiger partial charge in [-0.2, -0.15) is 0 Å². The molecule has 1 aromatic heterocycles. The van der Waals surface area contributed by atoms with Gasteiger partial charge < -0.3 is 0 Å². The molecule has 0 unspecified atom stereocenters. The fraction of sp³-hybridized carbons (Fsp3) is 0.174. The second-order valence-electron chi connectivity index (χ2n) is 7.73. The quantitative estimate of drug-likeness (QED) is 0.571. The predicted molar refractivity (Wildman–Crippen MR) is 116 cm³/mol. The lowest BCUT2D eigenvalue weighted by Gasteiger charge is -2.17. The molecule has 0 saturated heterocycles. The molecule has 0 fully saturated rings. The normalized spacial score (nSPS) is 13.6. The van der Waals surface area contributed by atoms with Crippen LogP contribution in [0.5, 0.6) is 0 Å². The van der Waals surface area contributed by atoms with Gasteiger partial charge >= 0.3 is 0 Å². The van der Waals surface area contributed by atoms with Crippen LogP contribution in [0.25, 0.3) is 0 Å². The van der Waals surface area contributed by atoms with Crippen LogP contribution in [-0.4, -0.2) is 30.1 Å². The third kappa shape index (κ3) is 3.99. The van der Waals surface area contributed by atoms with E-state index in [0.717, 1.165) is 22.6 Å². The van der Waals surface area contributed by atoms with Gasteiger partial charge in [0, 0.05) is 11.9 Å². The van der Waals surface area contributed by atoms with Crippen molar-refractivity contribution in [1.29, 1.82) is 0 Å². The van der Waals surface area contributed by atoms with E-state index in [-0.39, 0.29) is 34.2 Å². The number of benzene rings is 2. The number of pyridine rings is 1.